The number of benzene rings is 1. The minimum Gasteiger partial charge on any atom is -0.262 e. The second kappa shape index (κ2) is 4.61. The van der Waals surface area contributed by atoms with E-state index in [-0.39, 0.29) is 6.04 Å². The van der Waals surface area contributed by atoms with E-state index in [0.29, 0.717) is 4.21 Å². The van der Waals surface area contributed by atoms with Crippen molar-refractivity contribution in [3.05, 3.63) is 45.7 Å². The van der Waals surface area contributed by atoms with E-state index in [0.717, 1.165) is 21.5 Å². The van der Waals surface area contributed by atoms with Crippen LogP contribution in [-0.4, -0.2) is 14.5 Å². The van der Waals surface area contributed by atoms with Crippen molar-refractivity contribution in [2.75, 3.05) is 4.31 Å². The Morgan fingerprint density at radius 3 is 2.68 bits per heavy atom. The summed E-state index contributed by atoms with van der Waals surface area (Å²) in [6.45, 7) is 1.94. The van der Waals surface area contributed by atoms with Gasteiger partial charge in [-0.3, -0.25) is 4.31 Å². The molecule has 100 valence electrons. The number of thiophene rings is 1. The number of anilines is 1. The van der Waals surface area contributed by atoms with E-state index in [1.165, 1.54) is 11.3 Å². The molecule has 19 heavy (non-hydrogen) atoms. The maximum absolute atomic E-state index is 12.7. The van der Waals surface area contributed by atoms with Crippen molar-refractivity contribution < 1.29 is 8.42 Å². The Balaban J connectivity index is 2.12. The monoisotopic (exact) mass is 357 g/mol. The molecule has 0 amide bonds. The second-order valence-electron chi connectivity index (χ2n) is 4.54. The van der Waals surface area contributed by atoms with E-state index in [4.69, 9.17) is 0 Å². The average Bonchev–Trinajstić information content (AvgIpc) is 2.92. The minimum absolute atomic E-state index is 0.0386. The molecular weight excluding hydrogens is 346 g/mol. The third-order valence-electron chi connectivity index (χ3n) is 3.21. The third-order valence-corrected chi connectivity index (χ3v) is 7.23. The molecule has 1 atom stereocenters. The van der Waals surface area contributed by atoms with Crippen molar-refractivity contribution in [1.82, 2.24) is 0 Å². The van der Waals surface area contributed by atoms with E-state index < -0.39 is 10.0 Å². The molecule has 2 aromatic rings. The van der Waals surface area contributed by atoms with Crippen molar-refractivity contribution in [1.29, 1.82) is 0 Å². The minimum atomic E-state index is -3.46. The van der Waals surface area contributed by atoms with E-state index in [2.05, 4.69) is 15.9 Å². The first kappa shape index (κ1) is 13.1. The molecule has 0 fully saturated rings. The Kier molecular flexibility index (Phi) is 3.19. The summed E-state index contributed by atoms with van der Waals surface area (Å²) < 4.78 is 28.2. The van der Waals surface area contributed by atoms with Crippen molar-refractivity contribution in [2.24, 2.45) is 0 Å². The summed E-state index contributed by atoms with van der Waals surface area (Å²) in [6, 6.07) is 11.1. The first-order valence-corrected chi connectivity index (χ1v) is 8.93. The number of sulfonamides is 1. The summed E-state index contributed by atoms with van der Waals surface area (Å²) in [5, 5.41) is 0. The Morgan fingerprint density at radius 2 is 2.00 bits per heavy atom. The molecule has 3 rings (SSSR count). The number of nitrogens with zero attached hydrogens (tertiary/aromatic N) is 1. The standard InChI is InChI=1S/C13H12BrNO2S2/c1-9-8-10-4-2-3-5-11(10)15(9)19(16,17)13-7-6-12(14)18-13/h2-7,9H,8H2,1H3/t9-/m0/s1. The highest BCUT2D eigenvalue weighted by atomic mass is 79.9. The van der Waals surface area contributed by atoms with Gasteiger partial charge in [-0.05, 0) is 53.0 Å². The van der Waals surface area contributed by atoms with Gasteiger partial charge >= 0.3 is 0 Å². The van der Waals surface area contributed by atoms with Crippen LogP contribution in [0.15, 0.2) is 44.4 Å². The zero-order valence-corrected chi connectivity index (χ0v) is 13.4. The lowest BCUT2D eigenvalue weighted by Gasteiger charge is -2.23. The van der Waals surface area contributed by atoms with Gasteiger partial charge in [0.1, 0.15) is 4.21 Å². The van der Waals surface area contributed by atoms with Crippen LogP contribution in [0.25, 0.3) is 0 Å². The van der Waals surface area contributed by atoms with E-state index >= 15 is 0 Å². The van der Waals surface area contributed by atoms with Gasteiger partial charge in [0, 0.05) is 6.04 Å². The van der Waals surface area contributed by atoms with Crippen LogP contribution in [0.1, 0.15) is 12.5 Å². The van der Waals surface area contributed by atoms with Crippen molar-refractivity contribution >= 4 is 43.0 Å². The average molecular weight is 358 g/mol. The fourth-order valence-corrected chi connectivity index (χ4v) is 6.23. The van der Waals surface area contributed by atoms with Gasteiger partial charge in [0.15, 0.2) is 0 Å². The highest BCUT2D eigenvalue weighted by molar-refractivity contribution is 9.11. The molecule has 0 N–H and O–H groups in total. The fourth-order valence-electron chi connectivity index (χ4n) is 2.44. The van der Waals surface area contributed by atoms with Gasteiger partial charge < -0.3 is 0 Å². The molecule has 1 aromatic heterocycles. The van der Waals surface area contributed by atoms with Crippen LogP contribution in [0.3, 0.4) is 0 Å². The summed E-state index contributed by atoms with van der Waals surface area (Å²) in [5.74, 6) is 0. The van der Waals surface area contributed by atoms with Crippen LogP contribution in [0.5, 0.6) is 0 Å². The highest BCUT2D eigenvalue weighted by Crippen LogP contribution is 2.38. The summed E-state index contributed by atoms with van der Waals surface area (Å²) in [6.07, 6.45) is 0.766. The molecule has 0 unspecified atom stereocenters. The number of halogens is 1. The summed E-state index contributed by atoms with van der Waals surface area (Å²) in [5.41, 5.74) is 1.90. The molecular formula is C13H12BrNO2S2. The SMILES string of the molecule is C[C@H]1Cc2ccccc2N1S(=O)(=O)c1ccc(Br)s1. The zero-order chi connectivity index (χ0) is 13.6. The number of fused-ring (bicyclic) bond motifs is 1. The van der Waals surface area contributed by atoms with Gasteiger partial charge in [-0.1, -0.05) is 18.2 Å². The molecule has 1 aromatic carbocycles. The maximum atomic E-state index is 12.7. The Hall–Kier alpha value is -0.850. The lowest BCUT2D eigenvalue weighted by molar-refractivity contribution is 0.586. The smallest absolute Gasteiger partial charge is 0.262 e. The Bertz CT molecular complexity index is 724. The largest absolute Gasteiger partial charge is 0.274 e. The second-order valence-corrected chi connectivity index (χ2v) is 9.05. The maximum Gasteiger partial charge on any atom is 0.274 e. The Labute approximate surface area is 125 Å². The number of rotatable bonds is 2. The van der Waals surface area contributed by atoms with Crippen LogP contribution in [0.4, 0.5) is 5.69 Å². The molecule has 0 radical (unpaired) electrons. The molecule has 1 aliphatic rings. The van der Waals surface area contributed by atoms with Gasteiger partial charge in [-0.25, -0.2) is 8.42 Å². The summed E-state index contributed by atoms with van der Waals surface area (Å²) >= 11 is 4.56. The molecule has 6 heteroatoms. The highest BCUT2D eigenvalue weighted by Gasteiger charge is 2.36. The Morgan fingerprint density at radius 1 is 1.26 bits per heavy atom. The van der Waals surface area contributed by atoms with E-state index in [9.17, 15) is 8.42 Å². The van der Waals surface area contributed by atoms with E-state index in [1.807, 2.05) is 31.2 Å². The summed E-state index contributed by atoms with van der Waals surface area (Å²) in [7, 11) is -3.46. The van der Waals surface area contributed by atoms with E-state index in [1.54, 1.807) is 16.4 Å². The van der Waals surface area contributed by atoms with Gasteiger partial charge in [0.2, 0.25) is 0 Å². The molecule has 0 saturated heterocycles. The molecule has 0 spiro atoms. The number of hydrogen-bond donors (Lipinski definition) is 0. The topological polar surface area (TPSA) is 37.4 Å². The lowest BCUT2D eigenvalue weighted by Crippen LogP contribution is -2.35. The molecule has 1 aliphatic heterocycles. The molecule has 0 aliphatic carbocycles. The van der Waals surface area contributed by atoms with Crippen molar-refractivity contribution in [3.8, 4) is 0 Å². The first-order valence-electron chi connectivity index (χ1n) is 5.88. The molecule has 0 saturated carbocycles. The summed E-state index contributed by atoms with van der Waals surface area (Å²) in [4.78, 5) is 0. The van der Waals surface area contributed by atoms with Crippen molar-refractivity contribution in [2.45, 2.75) is 23.6 Å². The quantitative estimate of drug-likeness (QED) is 0.822. The van der Waals surface area contributed by atoms with Crippen LogP contribution in [-0.2, 0) is 16.4 Å². The van der Waals surface area contributed by atoms with Crippen LogP contribution in [0, 0.1) is 0 Å². The number of para-hydroxylation sites is 1. The van der Waals surface area contributed by atoms with Gasteiger partial charge in [-0.2, -0.15) is 0 Å². The zero-order valence-electron chi connectivity index (χ0n) is 10.2. The first-order chi connectivity index (χ1) is 9.00. The number of hydrogen-bond acceptors (Lipinski definition) is 3. The van der Waals surface area contributed by atoms with Crippen LogP contribution >= 0.6 is 27.3 Å². The molecule has 0 bridgehead atoms. The lowest BCUT2D eigenvalue weighted by atomic mass is 10.1. The normalized spacial score (nSPS) is 18.6. The predicted molar refractivity (Wildman–Crippen MR) is 81.3 cm³/mol. The van der Waals surface area contributed by atoms with Crippen molar-refractivity contribution in [3.63, 3.8) is 0 Å². The van der Waals surface area contributed by atoms with Gasteiger partial charge in [-0.15, -0.1) is 11.3 Å². The molecule has 2 heterocycles. The van der Waals surface area contributed by atoms with Crippen LogP contribution < -0.4 is 4.31 Å². The fraction of sp³-hybridized carbons (Fsp3) is 0.231. The molecule has 3 nitrogen and oxygen atoms in total. The third kappa shape index (κ3) is 2.11. The van der Waals surface area contributed by atoms with Gasteiger partial charge in [0.05, 0.1) is 9.47 Å². The van der Waals surface area contributed by atoms with Gasteiger partial charge in [0.25, 0.3) is 10.0 Å². The predicted octanol–water partition coefficient (Wildman–Crippen LogP) is 3.65. The van der Waals surface area contributed by atoms with Crippen LogP contribution in [0.2, 0.25) is 0 Å².